The van der Waals surface area contributed by atoms with Gasteiger partial charge in [0.1, 0.15) is 6.54 Å². The quantitative estimate of drug-likeness (QED) is 0.230. The van der Waals surface area contributed by atoms with Crippen LogP contribution < -0.4 is 16.0 Å². The van der Waals surface area contributed by atoms with Gasteiger partial charge in [-0.3, -0.25) is 4.79 Å². The molecule has 1 aliphatic heterocycles. The lowest BCUT2D eigenvalue weighted by atomic mass is 10.2. The van der Waals surface area contributed by atoms with Crippen molar-refractivity contribution in [2.24, 2.45) is 4.99 Å². The van der Waals surface area contributed by atoms with E-state index in [4.69, 9.17) is 4.74 Å². The Hall–Kier alpha value is -0.220. The lowest BCUT2D eigenvalue weighted by molar-refractivity contribution is -0.119. The molecule has 8 heteroatoms. The van der Waals surface area contributed by atoms with E-state index in [2.05, 4.69) is 20.9 Å². The second-order valence-corrected chi connectivity index (χ2v) is 5.96. The Balaban J connectivity index is 0.00000400. The van der Waals surface area contributed by atoms with Crippen molar-refractivity contribution in [1.29, 1.82) is 0 Å². The zero-order chi connectivity index (χ0) is 14.6. The Bertz CT molecular complexity index is 313. The lowest BCUT2D eigenvalue weighted by Gasteiger charge is -2.14. The Morgan fingerprint density at radius 2 is 2.19 bits per heavy atom. The SMILES string of the molecule is CCNC(=NCC(=O)NCCOC)NCC1CCCS1.I. The van der Waals surface area contributed by atoms with Gasteiger partial charge in [0.15, 0.2) is 5.96 Å². The van der Waals surface area contributed by atoms with Crippen molar-refractivity contribution >= 4 is 47.6 Å². The first kappa shape index (κ1) is 20.8. The molecule has 1 atom stereocenters. The number of hydrogen-bond acceptors (Lipinski definition) is 4. The van der Waals surface area contributed by atoms with Gasteiger partial charge >= 0.3 is 0 Å². The number of hydrogen-bond donors (Lipinski definition) is 3. The van der Waals surface area contributed by atoms with Gasteiger partial charge in [-0.05, 0) is 25.5 Å². The van der Waals surface area contributed by atoms with E-state index in [1.807, 2.05) is 18.7 Å². The van der Waals surface area contributed by atoms with E-state index in [9.17, 15) is 4.79 Å². The Kier molecular flexibility index (Phi) is 13.3. The van der Waals surface area contributed by atoms with Gasteiger partial charge < -0.3 is 20.7 Å². The van der Waals surface area contributed by atoms with Crippen LogP contribution in [0.25, 0.3) is 0 Å². The number of nitrogens with zero attached hydrogens (tertiary/aromatic N) is 1. The number of guanidine groups is 1. The van der Waals surface area contributed by atoms with Gasteiger partial charge in [-0.1, -0.05) is 0 Å². The molecule has 1 rings (SSSR count). The second-order valence-electron chi connectivity index (χ2n) is 4.55. The molecule has 0 radical (unpaired) electrons. The number of carbonyl (C=O) groups excluding carboxylic acids is 1. The monoisotopic (exact) mass is 430 g/mol. The van der Waals surface area contributed by atoms with Gasteiger partial charge in [0.05, 0.1) is 6.61 Å². The number of rotatable bonds is 8. The van der Waals surface area contributed by atoms with Gasteiger partial charge in [0.2, 0.25) is 5.91 Å². The predicted molar refractivity (Wildman–Crippen MR) is 99.8 cm³/mol. The van der Waals surface area contributed by atoms with Crippen LogP contribution in [0.1, 0.15) is 19.8 Å². The van der Waals surface area contributed by atoms with Crippen LogP contribution in [0.3, 0.4) is 0 Å². The molecular weight excluding hydrogens is 403 g/mol. The molecule has 1 fully saturated rings. The van der Waals surface area contributed by atoms with E-state index in [-0.39, 0.29) is 36.4 Å². The van der Waals surface area contributed by atoms with E-state index in [1.54, 1.807) is 7.11 Å². The topological polar surface area (TPSA) is 74.8 Å². The highest BCUT2D eigenvalue weighted by atomic mass is 127. The van der Waals surface area contributed by atoms with Crippen LogP contribution in [0.15, 0.2) is 4.99 Å². The third kappa shape index (κ3) is 10.2. The maximum absolute atomic E-state index is 11.6. The minimum atomic E-state index is -0.0884. The molecule has 124 valence electrons. The van der Waals surface area contributed by atoms with Crippen LogP contribution in [0.5, 0.6) is 0 Å². The summed E-state index contributed by atoms with van der Waals surface area (Å²) in [6, 6.07) is 0. The summed E-state index contributed by atoms with van der Waals surface area (Å²) in [6.45, 7) is 4.88. The average Bonchev–Trinajstić information content (AvgIpc) is 2.95. The number of amides is 1. The summed E-state index contributed by atoms with van der Waals surface area (Å²) >= 11 is 2.00. The summed E-state index contributed by atoms with van der Waals surface area (Å²) in [6.07, 6.45) is 2.56. The van der Waals surface area contributed by atoms with Crippen LogP contribution >= 0.6 is 35.7 Å². The van der Waals surface area contributed by atoms with E-state index in [1.165, 1.54) is 18.6 Å². The number of methoxy groups -OCH3 is 1. The lowest BCUT2D eigenvalue weighted by Crippen LogP contribution is -2.41. The molecule has 1 aliphatic rings. The number of carbonyl (C=O) groups is 1. The second kappa shape index (κ2) is 13.4. The predicted octanol–water partition coefficient (Wildman–Crippen LogP) is 0.818. The molecule has 21 heavy (non-hydrogen) atoms. The average molecular weight is 430 g/mol. The normalized spacial score (nSPS) is 18.0. The highest BCUT2D eigenvalue weighted by Crippen LogP contribution is 2.25. The molecule has 0 aliphatic carbocycles. The molecule has 1 heterocycles. The summed E-state index contributed by atoms with van der Waals surface area (Å²) in [5.41, 5.74) is 0. The number of thioether (sulfide) groups is 1. The molecule has 3 N–H and O–H groups in total. The van der Waals surface area contributed by atoms with Gasteiger partial charge in [-0.2, -0.15) is 11.8 Å². The first-order valence-corrected chi connectivity index (χ1v) is 8.20. The van der Waals surface area contributed by atoms with Crippen LogP contribution in [0.4, 0.5) is 0 Å². The summed E-state index contributed by atoms with van der Waals surface area (Å²) in [7, 11) is 1.61. The zero-order valence-electron chi connectivity index (χ0n) is 12.8. The summed E-state index contributed by atoms with van der Waals surface area (Å²) in [5.74, 6) is 1.87. The molecule has 0 aromatic heterocycles. The highest BCUT2D eigenvalue weighted by molar-refractivity contribution is 14.0. The van der Waals surface area contributed by atoms with Gasteiger partial charge in [0, 0.05) is 32.0 Å². The highest BCUT2D eigenvalue weighted by Gasteiger charge is 2.15. The molecule has 0 aromatic rings. The minimum absolute atomic E-state index is 0. The van der Waals surface area contributed by atoms with Crippen LogP contribution in [0.2, 0.25) is 0 Å². The third-order valence-electron chi connectivity index (χ3n) is 2.87. The fraction of sp³-hybridized carbons (Fsp3) is 0.846. The van der Waals surface area contributed by atoms with E-state index in [0.717, 1.165) is 13.1 Å². The third-order valence-corrected chi connectivity index (χ3v) is 4.27. The van der Waals surface area contributed by atoms with Gasteiger partial charge in [-0.25, -0.2) is 4.99 Å². The van der Waals surface area contributed by atoms with E-state index in [0.29, 0.717) is 24.4 Å². The molecule has 0 saturated carbocycles. The molecular formula is C13H27IN4O2S. The smallest absolute Gasteiger partial charge is 0.241 e. The van der Waals surface area contributed by atoms with Crippen LogP contribution in [0, 0.1) is 0 Å². The molecule has 0 aromatic carbocycles. The minimum Gasteiger partial charge on any atom is -0.383 e. The van der Waals surface area contributed by atoms with Crippen molar-refractivity contribution < 1.29 is 9.53 Å². The van der Waals surface area contributed by atoms with Crippen molar-refractivity contribution in [3.8, 4) is 0 Å². The van der Waals surface area contributed by atoms with Crippen molar-refractivity contribution in [2.75, 3.05) is 45.6 Å². The summed E-state index contributed by atoms with van der Waals surface area (Å²) in [5, 5.41) is 9.86. The first-order chi connectivity index (χ1) is 9.76. The molecule has 0 spiro atoms. The van der Waals surface area contributed by atoms with Crippen molar-refractivity contribution in [2.45, 2.75) is 25.0 Å². The van der Waals surface area contributed by atoms with Crippen molar-refractivity contribution in [3.63, 3.8) is 0 Å². The van der Waals surface area contributed by atoms with Crippen LogP contribution in [-0.4, -0.2) is 62.8 Å². The summed E-state index contributed by atoms with van der Waals surface area (Å²) in [4.78, 5) is 15.8. The van der Waals surface area contributed by atoms with Crippen LogP contribution in [-0.2, 0) is 9.53 Å². The Labute approximate surface area is 148 Å². The number of ether oxygens (including phenoxy) is 1. The maximum Gasteiger partial charge on any atom is 0.241 e. The van der Waals surface area contributed by atoms with Crippen molar-refractivity contribution in [1.82, 2.24) is 16.0 Å². The fourth-order valence-electron chi connectivity index (χ4n) is 1.86. The van der Waals surface area contributed by atoms with E-state index >= 15 is 0 Å². The first-order valence-electron chi connectivity index (χ1n) is 7.15. The molecule has 1 unspecified atom stereocenters. The van der Waals surface area contributed by atoms with E-state index < -0.39 is 0 Å². The molecule has 0 bridgehead atoms. The molecule has 1 saturated heterocycles. The molecule has 1 amide bonds. The molecule has 6 nitrogen and oxygen atoms in total. The Morgan fingerprint density at radius 1 is 1.38 bits per heavy atom. The number of aliphatic imine (C=N–C) groups is 1. The number of halogens is 1. The van der Waals surface area contributed by atoms with Gasteiger partial charge in [0.25, 0.3) is 0 Å². The largest absolute Gasteiger partial charge is 0.383 e. The zero-order valence-corrected chi connectivity index (χ0v) is 16.0. The van der Waals surface area contributed by atoms with Crippen molar-refractivity contribution in [3.05, 3.63) is 0 Å². The maximum atomic E-state index is 11.6. The fourth-order valence-corrected chi connectivity index (χ4v) is 3.06. The number of nitrogens with one attached hydrogen (secondary N) is 3. The Morgan fingerprint density at radius 3 is 2.81 bits per heavy atom. The summed E-state index contributed by atoms with van der Waals surface area (Å²) < 4.78 is 4.87. The standard InChI is InChI=1S/C13H26N4O2S.HI/c1-3-14-13(16-9-11-5-4-8-20-11)17-10-12(18)15-6-7-19-2;/h11H,3-10H2,1-2H3,(H,15,18)(H2,14,16,17);1H. The van der Waals surface area contributed by atoms with Gasteiger partial charge in [-0.15, -0.1) is 24.0 Å².